The van der Waals surface area contributed by atoms with Crippen LogP contribution in [0.25, 0.3) is 0 Å². The van der Waals surface area contributed by atoms with Gasteiger partial charge < -0.3 is 15.3 Å². The molecule has 128 valence electrons. The van der Waals surface area contributed by atoms with Crippen molar-refractivity contribution in [1.29, 1.82) is 0 Å². The summed E-state index contributed by atoms with van der Waals surface area (Å²) in [6.07, 6.45) is 12.1. The summed E-state index contributed by atoms with van der Waals surface area (Å²) in [7, 11) is 0. The van der Waals surface area contributed by atoms with Gasteiger partial charge in [-0.15, -0.1) is 0 Å². The van der Waals surface area contributed by atoms with E-state index in [1.165, 1.54) is 44.9 Å². The molecule has 5 nitrogen and oxygen atoms in total. The standard InChI is InChI=1S/C18H30N4O/c23-13-16(10-15-6-2-1-3-7-15)12-19-17-11-18(21-14-20-17)22-8-4-5-9-22/h11,14-16,23H,1-10,12-13H2,(H,19,20,21). The van der Waals surface area contributed by atoms with Crippen molar-refractivity contribution in [3.63, 3.8) is 0 Å². The van der Waals surface area contributed by atoms with Gasteiger partial charge in [-0.1, -0.05) is 32.1 Å². The summed E-state index contributed by atoms with van der Waals surface area (Å²) in [5.41, 5.74) is 0. The van der Waals surface area contributed by atoms with E-state index in [0.717, 1.165) is 43.6 Å². The van der Waals surface area contributed by atoms with Crippen molar-refractivity contribution in [2.45, 2.75) is 51.4 Å². The van der Waals surface area contributed by atoms with E-state index in [1.807, 2.05) is 6.07 Å². The molecule has 1 saturated carbocycles. The van der Waals surface area contributed by atoms with E-state index >= 15 is 0 Å². The van der Waals surface area contributed by atoms with E-state index in [4.69, 9.17) is 0 Å². The van der Waals surface area contributed by atoms with Crippen molar-refractivity contribution in [2.24, 2.45) is 11.8 Å². The minimum atomic E-state index is 0.258. The Balaban J connectivity index is 1.50. The number of aliphatic hydroxyl groups excluding tert-OH is 1. The minimum Gasteiger partial charge on any atom is -0.396 e. The first-order valence-corrected chi connectivity index (χ1v) is 9.27. The second kappa shape index (κ2) is 8.48. The van der Waals surface area contributed by atoms with Crippen LogP contribution < -0.4 is 10.2 Å². The summed E-state index contributed by atoms with van der Waals surface area (Å²) in [4.78, 5) is 11.0. The SMILES string of the molecule is OCC(CNc1cc(N2CCCC2)ncn1)CC1CCCCC1. The molecular formula is C18H30N4O. The van der Waals surface area contributed by atoms with Crippen LogP contribution in [0.2, 0.25) is 0 Å². The van der Waals surface area contributed by atoms with Crippen LogP contribution >= 0.6 is 0 Å². The summed E-state index contributed by atoms with van der Waals surface area (Å²) in [5.74, 6) is 3.02. The van der Waals surface area contributed by atoms with Crippen LogP contribution in [0.3, 0.4) is 0 Å². The van der Waals surface area contributed by atoms with E-state index < -0.39 is 0 Å². The van der Waals surface area contributed by atoms with Crippen LogP contribution in [0, 0.1) is 11.8 Å². The first-order chi connectivity index (χ1) is 11.3. The maximum atomic E-state index is 9.68. The molecule has 0 spiro atoms. The Morgan fingerprint density at radius 3 is 2.65 bits per heavy atom. The number of hydrogen-bond donors (Lipinski definition) is 2. The average Bonchev–Trinajstić information content (AvgIpc) is 3.14. The smallest absolute Gasteiger partial charge is 0.134 e. The Hall–Kier alpha value is -1.36. The normalized spacial score (nSPS) is 20.7. The first-order valence-electron chi connectivity index (χ1n) is 9.27. The highest BCUT2D eigenvalue weighted by atomic mass is 16.3. The average molecular weight is 318 g/mol. The van der Waals surface area contributed by atoms with Crippen LogP contribution in [0.15, 0.2) is 12.4 Å². The Morgan fingerprint density at radius 2 is 1.91 bits per heavy atom. The lowest BCUT2D eigenvalue weighted by atomic mass is 9.83. The van der Waals surface area contributed by atoms with Crippen LogP contribution in [0.5, 0.6) is 0 Å². The molecule has 1 aromatic heterocycles. The maximum Gasteiger partial charge on any atom is 0.134 e. The van der Waals surface area contributed by atoms with Gasteiger partial charge in [0, 0.05) is 32.3 Å². The fraction of sp³-hybridized carbons (Fsp3) is 0.778. The summed E-state index contributed by atoms with van der Waals surface area (Å²) in [5, 5.41) is 13.1. The molecule has 0 aromatic carbocycles. The molecule has 0 radical (unpaired) electrons. The van der Waals surface area contributed by atoms with E-state index in [9.17, 15) is 5.11 Å². The highest BCUT2D eigenvalue weighted by molar-refractivity contribution is 5.48. The summed E-state index contributed by atoms with van der Waals surface area (Å²) < 4.78 is 0. The Labute approximate surface area is 139 Å². The highest BCUT2D eigenvalue weighted by Crippen LogP contribution is 2.29. The number of nitrogens with one attached hydrogen (secondary N) is 1. The molecular weight excluding hydrogens is 288 g/mol. The Bertz CT molecular complexity index is 470. The molecule has 1 aliphatic carbocycles. The monoisotopic (exact) mass is 318 g/mol. The maximum absolute atomic E-state index is 9.68. The quantitative estimate of drug-likeness (QED) is 0.809. The third-order valence-electron chi connectivity index (χ3n) is 5.30. The third kappa shape index (κ3) is 4.80. The van der Waals surface area contributed by atoms with Gasteiger partial charge >= 0.3 is 0 Å². The minimum absolute atomic E-state index is 0.258. The molecule has 2 N–H and O–H groups in total. The zero-order valence-corrected chi connectivity index (χ0v) is 14.1. The van der Waals surface area contributed by atoms with E-state index in [2.05, 4.69) is 20.2 Å². The Morgan fingerprint density at radius 1 is 1.13 bits per heavy atom. The molecule has 1 atom stereocenters. The topological polar surface area (TPSA) is 61.3 Å². The van der Waals surface area contributed by atoms with E-state index in [0.29, 0.717) is 5.92 Å². The van der Waals surface area contributed by atoms with Crippen LogP contribution in [-0.2, 0) is 0 Å². The third-order valence-corrected chi connectivity index (χ3v) is 5.30. The number of aliphatic hydroxyl groups is 1. The van der Waals surface area contributed by atoms with Gasteiger partial charge in [0.25, 0.3) is 0 Å². The molecule has 23 heavy (non-hydrogen) atoms. The second-order valence-corrected chi connectivity index (χ2v) is 7.12. The molecule has 1 unspecified atom stereocenters. The number of anilines is 2. The highest BCUT2D eigenvalue weighted by Gasteiger charge is 2.19. The van der Waals surface area contributed by atoms with Crippen molar-refractivity contribution in [3.8, 4) is 0 Å². The summed E-state index contributed by atoms with van der Waals surface area (Å²) >= 11 is 0. The molecule has 0 amide bonds. The van der Waals surface area contributed by atoms with Crippen molar-refractivity contribution in [1.82, 2.24) is 9.97 Å². The van der Waals surface area contributed by atoms with Gasteiger partial charge in [-0.3, -0.25) is 0 Å². The number of nitrogens with zero attached hydrogens (tertiary/aromatic N) is 3. The van der Waals surface area contributed by atoms with Crippen LogP contribution in [0.1, 0.15) is 51.4 Å². The van der Waals surface area contributed by atoms with Gasteiger partial charge in [-0.2, -0.15) is 0 Å². The molecule has 1 aliphatic heterocycles. The fourth-order valence-electron chi connectivity index (χ4n) is 3.93. The lowest BCUT2D eigenvalue weighted by Gasteiger charge is -2.26. The number of rotatable bonds is 7. The van der Waals surface area contributed by atoms with Crippen molar-refractivity contribution in [2.75, 3.05) is 36.5 Å². The molecule has 2 fully saturated rings. The van der Waals surface area contributed by atoms with E-state index in [1.54, 1.807) is 6.33 Å². The molecule has 1 saturated heterocycles. The summed E-state index contributed by atoms with van der Waals surface area (Å²) in [6.45, 7) is 3.24. The van der Waals surface area contributed by atoms with Gasteiger partial charge in [0.05, 0.1) is 0 Å². The van der Waals surface area contributed by atoms with Crippen LogP contribution in [-0.4, -0.2) is 41.3 Å². The molecule has 5 heteroatoms. The fourth-order valence-corrected chi connectivity index (χ4v) is 3.93. The van der Waals surface area contributed by atoms with Gasteiger partial charge in [-0.05, 0) is 31.1 Å². The van der Waals surface area contributed by atoms with Crippen molar-refractivity contribution in [3.05, 3.63) is 12.4 Å². The van der Waals surface area contributed by atoms with Gasteiger partial charge in [-0.25, -0.2) is 9.97 Å². The Kier molecular flexibility index (Phi) is 6.08. The molecule has 2 heterocycles. The predicted octanol–water partition coefficient (Wildman–Crippen LogP) is 3.07. The van der Waals surface area contributed by atoms with Crippen molar-refractivity contribution >= 4 is 11.6 Å². The number of hydrogen-bond acceptors (Lipinski definition) is 5. The molecule has 1 aromatic rings. The van der Waals surface area contributed by atoms with E-state index in [-0.39, 0.29) is 6.61 Å². The van der Waals surface area contributed by atoms with Crippen molar-refractivity contribution < 1.29 is 5.11 Å². The zero-order valence-electron chi connectivity index (χ0n) is 14.1. The predicted molar refractivity (Wildman–Crippen MR) is 93.7 cm³/mol. The van der Waals surface area contributed by atoms with Gasteiger partial charge in [0.15, 0.2) is 0 Å². The second-order valence-electron chi connectivity index (χ2n) is 7.12. The number of aromatic nitrogens is 2. The largest absolute Gasteiger partial charge is 0.396 e. The zero-order chi connectivity index (χ0) is 15.9. The molecule has 3 rings (SSSR count). The summed E-state index contributed by atoms with van der Waals surface area (Å²) in [6, 6.07) is 2.04. The van der Waals surface area contributed by atoms with Gasteiger partial charge in [0.1, 0.15) is 18.0 Å². The lowest BCUT2D eigenvalue weighted by Crippen LogP contribution is -2.23. The van der Waals surface area contributed by atoms with Gasteiger partial charge in [0.2, 0.25) is 0 Å². The lowest BCUT2D eigenvalue weighted by molar-refractivity contribution is 0.192. The molecule has 0 bridgehead atoms. The van der Waals surface area contributed by atoms with Crippen LogP contribution in [0.4, 0.5) is 11.6 Å². The first kappa shape index (κ1) is 16.5. The molecule has 2 aliphatic rings.